The molecule has 0 bridgehead atoms. The zero-order chi connectivity index (χ0) is 15.8. The number of primary sulfonamides is 1. The number of hydrogen-bond donors (Lipinski definition) is 2. The highest BCUT2D eigenvalue weighted by molar-refractivity contribution is 7.89. The molecule has 0 aliphatic carbocycles. The Morgan fingerprint density at radius 3 is 2.33 bits per heavy atom. The van der Waals surface area contributed by atoms with Crippen molar-refractivity contribution in [3.8, 4) is 0 Å². The lowest BCUT2D eigenvalue weighted by Crippen LogP contribution is -2.17. The van der Waals surface area contributed by atoms with Gasteiger partial charge in [-0.2, -0.15) is 0 Å². The van der Waals surface area contributed by atoms with Gasteiger partial charge in [0.1, 0.15) is 5.69 Å². The van der Waals surface area contributed by atoms with Crippen molar-refractivity contribution in [3.63, 3.8) is 0 Å². The number of aryl methyl sites for hydroxylation is 1. The minimum atomic E-state index is -4.26. The second-order valence-electron chi connectivity index (χ2n) is 4.03. The molecule has 10 heteroatoms. The number of amides is 1. The Labute approximate surface area is 117 Å². The number of nitrogens with zero attached hydrogens (tertiary/aromatic N) is 1. The number of rotatable bonds is 3. The highest BCUT2D eigenvalue weighted by atomic mass is 32.2. The summed E-state index contributed by atoms with van der Waals surface area (Å²) in [5.41, 5.74) is -0.585. The Kier molecular flexibility index (Phi) is 3.75. The fourth-order valence-corrected chi connectivity index (χ4v) is 2.06. The Hall–Kier alpha value is -2.33. The number of carbonyl (C=O) groups is 1. The predicted octanol–water partition coefficient (Wildman–Crippen LogP) is 1.16. The molecule has 0 saturated heterocycles. The van der Waals surface area contributed by atoms with Crippen LogP contribution in [0.15, 0.2) is 27.8 Å². The van der Waals surface area contributed by atoms with E-state index >= 15 is 0 Å². The molecule has 0 radical (unpaired) electrons. The van der Waals surface area contributed by atoms with Gasteiger partial charge in [-0.05, 0) is 19.1 Å². The number of oxazole rings is 1. The molecule has 3 N–H and O–H groups in total. The Balaban J connectivity index is 2.38. The van der Waals surface area contributed by atoms with Gasteiger partial charge in [0.15, 0.2) is 18.0 Å². The zero-order valence-corrected chi connectivity index (χ0v) is 11.4. The lowest BCUT2D eigenvalue weighted by atomic mass is 10.2. The van der Waals surface area contributed by atoms with Crippen LogP contribution in [0.1, 0.15) is 16.2 Å². The van der Waals surface area contributed by atoms with Gasteiger partial charge in [0.05, 0.1) is 10.6 Å². The first-order chi connectivity index (χ1) is 9.70. The van der Waals surface area contributed by atoms with E-state index < -0.39 is 38.1 Å². The molecule has 0 aliphatic heterocycles. The molecule has 1 heterocycles. The second-order valence-corrected chi connectivity index (χ2v) is 5.59. The molecule has 7 nitrogen and oxygen atoms in total. The molecule has 21 heavy (non-hydrogen) atoms. The molecule has 0 atom stereocenters. The van der Waals surface area contributed by atoms with Gasteiger partial charge in [-0.15, -0.1) is 0 Å². The number of benzene rings is 1. The van der Waals surface area contributed by atoms with Crippen molar-refractivity contribution < 1.29 is 26.4 Å². The molecule has 0 unspecified atom stereocenters. The molecular formula is C11H9F2N3O4S. The third-order valence-corrected chi connectivity index (χ3v) is 3.43. The molecule has 0 saturated carbocycles. The molecule has 112 valence electrons. The van der Waals surface area contributed by atoms with Gasteiger partial charge in [-0.3, -0.25) is 4.79 Å². The van der Waals surface area contributed by atoms with Gasteiger partial charge in [0.2, 0.25) is 15.8 Å². The quantitative estimate of drug-likeness (QED) is 0.881. The first kappa shape index (κ1) is 15.1. The Morgan fingerprint density at radius 1 is 1.33 bits per heavy atom. The van der Waals surface area contributed by atoms with Crippen LogP contribution in [0, 0.1) is 18.6 Å². The van der Waals surface area contributed by atoms with Gasteiger partial charge in [-0.25, -0.2) is 27.3 Å². The molecule has 0 fully saturated rings. The lowest BCUT2D eigenvalue weighted by Gasteiger charge is -2.08. The highest BCUT2D eigenvalue weighted by Crippen LogP contribution is 2.23. The van der Waals surface area contributed by atoms with Crippen molar-refractivity contribution in [3.05, 3.63) is 41.6 Å². The standard InChI is InChI=1S/C11H9F2N3O4S/c1-5-10(20-4-15-5)11(17)16-9-7(12)2-6(3-8(9)13)21(14,18)19/h2-4H,1H3,(H,16,17)(H2,14,18,19). The number of carbonyl (C=O) groups excluding carboxylic acids is 1. The fraction of sp³-hybridized carbons (Fsp3) is 0.0909. The summed E-state index contributed by atoms with van der Waals surface area (Å²) in [4.78, 5) is 14.7. The second kappa shape index (κ2) is 5.22. The van der Waals surface area contributed by atoms with E-state index in [1.165, 1.54) is 6.92 Å². The summed E-state index contributed by atoms with van der Waals surface area (Å²) in [6.07, 6.45) is 1.00. The summed E-state index contributed by atoms with van der Waals surface area (Å²) in [6.45, 7) is 1.47. The van der Waals surface area contributed by atoms with E-state index in [4.69, 9.17) is 9.56 Å². The maximum absolute atomic E-state index is 13.7. The van der Waals surface area contributed by atoms with E-state index in [0.29, 0.717) is 12.1 Å². The number of nitrogens with one attached hydrogen (secondary N) is 1. The molecule has 1 aromatic carbocycles. The third-order valence-electron chi connectivity index (χ3n) is 2.53. The van der Waals surface area contributed by atoms with Crippen molar-refractivity contribution in [2.75, 3.05) is 5.32 Å². The number of halogens is 2. The summed E-state index contributed by atoms with van der Waals surface area (Å²) in [5.74, 6) is -3.72. The van der Waals surface area contributed by atoms with E-state index in [1.807, 2.05) is 5.32 Å². The largest absolute Gasteiger partial charge is 0.438 e. The lowest BCUT2D eigenvalue weighted by molar-refractivity contribution is 0.0994. The van der Waals surface area contributed by atoms with Crippen LogP contribution in [0.3, 0.4) is 0 Å². The van der Waals surface area contributed by atoms with Crippen molar-refractivity contribution in [2.24, 2.45) is 5.14 Å². The van der Waals surface area contributed by atoms with Crippen LogP contribution in [0.2, 0.25) is 0 Å². The number of nitrogens with two attached hydrogens (primary N) is 1. The maximum atomic E-state index is 13.7. The van der Waals surface area contributed by atoms with Gasteiger partial charge in [0.25, 0.3) is 5.91 Å². The maximum Gasteiger partial charge on any atom is 0.293 e. The van der Waals surface area contributed by atoms with Crippen LogP contribution in [0.4, 0.5) is 14.5 Å². The van der Waals surface area contributed by atoms with Gasteiger partial charge < -0.3 is 9.73 Å². The molecule has 2 rings (SSSR count). The van der Waals surface area contributed by atoms with Crippen LogP contribution in [0.25, 0.3) is 0 Å². The van der Waals surface area contributed by atoms with Crippen LogP contribution >= 0.6 is 0 Å². The normalized spacial score (nSPS) is 11.4. The first-order valence-corrected chi connectivity index (χ1v) is 6.98. The van der Waals surface area contributed by atoms with E-state index in [0.717, 1.165) is 6.39 Å². The summed E-state index contributed by atoms with van der Waals surface area (Å²) in [7, 11) is -4.26. The third kappa shape index (κ3) is 3.06. The van der Waals surface area contributed by atoms with Crippen molar-refractivity contribution in [1.29, 1.82) is 0 Å². The topological polar surface area (TPSA) is 115 Å². The minimum absolute atomic E-state index is 0.218. The van der Waals surface area contributed by atoms with Crippen molar-refractivity contribution in [1.82, 2.24) is 4.98 Å². The van der Waals surface area contributed by atoms with Gasteiger partial charge >= 0.3 is 0 Å². The first-order valence-electron chi connectivity index (χ1n) is 5.43. The van der Waals surface area contributed by atoms with Crippen LogP contribution in [-0.4, -0.2) is 19.3 Å². The summed E-state index contributed by atoms with van der Waals surface area (Å²) >= 11 is 0. The number of anilines is 1. The van der Waals surface area contributed by atoms with E-state index in [9.17, 15) is 22.0 Å². The van der Waals surface area contributed by atoms with Crippen molar-refractivity contribution in [2.45, 2.75) is 11.8 Å². The molecule has 0 spiro atoms. The molecule has 1 aromatic heterocycles. The highest BCUT2D eigenvalue weighted by Gasteiger charge is 2.21. The van der Waals surface area contributed by atoms with E-state index in [1.54, 1.807) is 0 Å². The van der Waals surface area contributed by atoms with E-state index in [-0.39, 0.29) is 11.5 Å². The summed E-state index contributed by atoms with van der Waals surface area (Å²) in [5, 5.41) is 6.71. The average molecular weight is 317 g/mol. The molecular weight excluding hydrogens is 308 g/mol. The number of hydrogen-bond acceptors (Lipinski definition) is 5. The van der Waals surface area contributed by atoms with Crippen LogP contribution in [-0.2, 0) is 10.0 Å². The van der Waals surface area contributed by atoms with E-state index in [2.05, 4.69) is 4.98 Å². The van der Waals surface area contributed by atoms with Crippen LogP contribution in [0.5, 0.6) is 0 Å². The molecule has 2 aromatic rings. The minimum Gasteiger partial charge on any atom is -0.438 e. The van der Waals surface area contributed by atoms with Gasteiger partial charge in [0, 0.05) is 0 Å². The van der Waals surface area contributed by atoms with Crippen molar-refractivity contribution >= 4 is 21.6 Å². The summed E-state index contributed by atoms with van der Waals surface area (Å²) < 4.78 is 54.3. The molecule has 1 amide bonds. The zero-order valence-electron chi connectivity index (χ0n) is 10.6. The van der Waals surface area contributed by atoms with Crippen LogP contribution < -0.4 is 10.5 Å². The average Bonchev–Trinajstić information content (AvgIpc) is 2.78. The molecule has 0 aliphatic rings. The fourth-order valence-electron chi connectivity index (χ4n) is 1.52. The summed E-state index contributed by atoms with van der Waals surface area (Å²) in [6, 6.07) is 1.00. The monoisotopic (exact) mass is 317 g/mol. The Morgan fingerprint density at radius 2 is 1.90 bits per heavy atom. The number of sulfonamides is 1. The van der Waals surface area contributed by atoms with Gasteiger partial charge in [-0.1, -0.05) is 0 Å². The smallest absolute Gasteiger partial charge is 0.293 e. The SMILES string of the molecule is Cc1ncoc1C(=O)Nc1c(F)cc(S(N)(=O)=O)cc1F. The number of aromatic nitrogens is 1. The Bertz CT molecular complexity index is 794. The predicted molar refractivity (Wildman–Crippen MR) is 66.9 cm³/mol.